The van der Waals surface area contributed by atoms with Crippen LogP contribution in [-0.4, -0.2) is 13.2 Å². The Morgan fingerprint density at radius 2 is 1.89 bits per heavy atom. The molecule has 0 saturated heterocycles. The van der Waals surface area contributed by atoms with Gasteiger partial charge in [0.2, 0.25) is 0 Å². The van der Waals surface area contributed by atoms with Crippen molar-refractivity contribution >= 4 is 5.69 Å². The predicted octanol–water partition coefficient (Wildman–Crippen LogP) is 3.63. The molecule has 0 unspecified atom stereocenters. The smallest absolute Gasteiger partial charge is 0.146 e. The molecule has 1 N–H and O–H groups in total. The highest BCUT2D eigenvalue weighted by atomic mass is 19.1. The van der Waals surface area contributed by atoms with Gasteiger partial charge in [0.15, 0.2) is 0 Å². The van der Waals surface area contributed by atoms with Gasteiger partial charge in [0.05, 0.1) is 5.69 Å². The van der Waals surface area contributed by atoms with E-state index in [2.05, 4.69) is 5.32 Å². The zero-order valence-corrected chi connectivity index (χ0v) is 10.3. The molecule has 18 heavy (non-hydrogen) atoms. The summed E-state index contributed by atoms with van der Waals surface area (Å²) in [6, 6.07) is 14.6. The van der Waals surface area contributed by atoms with Crippen LogP contribution in [0.5, 0.6) is 5.75 Å². The molecule has 0 aliphatic heterocycles. The molecule has 2 rings (SSSR count). The van der Waals surface area contributed by atoms with E-state index in [4.69, 9.17) is 4.74 Å². The van der Waals surface area contributed by atoms with Gasteiger partial charge in [0.25, 0.3) is 0 Å². The molecule has 0 amide bonds. The summed E-state index contributed by atoms with van der Waals surface area (Å²) in [5.74, 6) is 0.587. The summed E-state index contributed by atoms with van der Waals surface area (Å²) in [5.41, 5.74) is 1.55. The van der Waals surface area contributed by atoms with Crippen LogP contribution in [0.3, 0.4) is 0 Å². The molecule has 0 fully saturated rings. The van der Waals surface area contributed by atoms with Crippen molar-refractivity contribution in [1.29, 1.82) is 0 Å². The lowest BCUT2D eigenvalue weighted by Gasteiger charge is -2.09. The molecule has 2 aromatic rings. The summed E-state index contributed by atoms with van der Waals surface area (Å²) in [4.78, 5) is 0. The number of hydrogen-bond donors (Lipinski definition) is 1. The molecule has 0 aliphatic rings. The lowest BCUT2D eigenvalue weighted by molar-refractivity contribution is 0.332. The fourth-order valence-corrected chi connectivity index (χ4v) is 1.65. The highest BCUT2D eigenvalue weighted by Crippen LogP contribution is 2.15. The summed E-state index contributed by atoms with van der Waals surface area (Å²) in [6.07, 6.45) is 0. The Morgan fingerprint density at radius 3 is 2.67 bits per heavy atom. The third kappa shape index (κ3) is 3.48. The molecule has 0 saturated carbocycles. The minimum atomic E-state index is -0.236. The van der Waals surface area contributed by atoms with Gasteiger partial charge in [-0.05, 0) is 36.8 Å². The highest BCUT2D eigenvalue weighted by molar-refractivity contribution is 5.46. The topological polar surface area (TPSA) is 21.3 Å². The standard InChI is InChI=1S/C15H16FNO/c1-12-7-8-14(16)15(11-12)17-9-10-18-13-5-3-2-4-6-13/h2-8,11,17H,9-10H2,1H3. The number of anilines is 1. The molecule has 0 bridgehead atoms. The second-order valence-corrected chi connectivity index (χ2v) is 4.07. The maximum Gasteiger partial charge on any atom is 0.146 e. The van der Waals surface area contributed by atoms with Crippen LogP contribution >= 0.6 is 0 Å². The second kappa shape index (κ2) is 6.05. The quantitative estimate of drug-likeness (QED) is 0.812. The van der Waals surface area contributed by atoms with E-state index in [1.807, 2.05) is 37.3 Å². The largest absolute Gasteiger partial charge is 0.492 e. The van der Waals surface area contributed by atoms with E-state index in [9.17, 15) is 4.39 Å². The maximum absolute atomic E-state index is 13.4. The first-order valence-electron chi connectivity index (χ1n) is 5.93. The number of aryl methyl sites for hydroxylation is 1. The van der Waals surface area contributed by atoms with Crippen LogP contribution in [-0.2, 0) is 0 Å². The van der Waals surface area contributed by atoms with Crippen LogP contribution in [0.2, 0.25) is 0 Å². The third-order valence-electron chi connectivity index (χ3n) is 2.55. The van der Waals surface area contributed by atoms with Crippen LogP contribution in [0.15, 0.2) is 48.5 Å². The first-order chi connectivity index (χ1) is 8.75. The van der Waals surface area contributed by atoms with E-state index in [1.165, 1.54) is 6.07 Å². The molecule has 2 aromatic carbocycles. The van der Waals surface area contributed by atoms with Gasteiger partial charge in [-0.1, -0.05) is 24.3 Å². The van der Waals surface area contributed by atoms with Gasteiger partial charge in [-0.15, -0.1) is 0 Å². The number of benzene rings is 2. The predicted molar refractivity (Wildman–Crippen MR) is 71.6 cm³/mol. The van der Waals surface area contributed by atoms with E-state index in [0.717, 1.165) is 11.3 Å². The van der Waals surface area contributed by atoms with Crippen molar-refractivity contribution in [2.75, 3.05) is 18.5 Å². The second-order valence-electron chi connectivity index (χ2n) is 4.07. The van der Waals surface area contributed by atoms with Crippen LogP contribution in [0.1, 0.15) is 5.56 Å². The summed E-state index contributed by atoms with van der Waals surface area (Å²) < 4.78 is 18.9. The van der Waals surface area contributed by atoms with Gasteiger partial charge in [0, 0.05) is 6.54 Å². The Balaban J connectivity index is 1.80. The van der Waals surface area contributed by atoms with Gasteiger partial charge >= 0.3 is 0 Å². The first kappa shape index (κ1) is 12.4. The molecule has 3 heteroatoms. The Morgan fingerprint density at radius 1 is 1.11 bits per heavy atom. The van der Waals surface area contributed by atoms with Crippen molar-refractivity contribution in [3.63, 3.8) is 0 Å². The SMILES string of the molecule is Cc1ccc(F)c(NCCOc2ccccc2)c1. The number of rotatable bonds is 5. The maximum atomic E-state index is 13.4. The molecule has 0 spiro atoms. The van der Waals surface area contributed by atoms with Gasteiger partial charge in [-0.3, -0.25) is 0 Å². The Kier molecular flexibility index (Phi) is 4.18. The van der Waals surface area contributed by atoms with E-state index in [-0.39, 0.29) is 5.82 Å². The normalized spacial score (nSPS) is 10.1. The molecule has 0 aliphatic carbocycles. The number of para-hydroxylation sites is 1. The fraction of sp³-hybridized carbons (Fsp3) is 0.200. The molecule has 0 aromatic heterocycles. The van der Waals surface area contributed by atoms with Crippen molar-refractivity contribution in [2.45, 2.75) is 6.92 Å². The lowest BCUT2D eigenvalue weighted by Crippen LogP contribution is -2.12. The van der Waals surface area contributed by atoms with Crippen LogP contribution in [0.25, 0.3) is 0 Å². The molecular weight excluding hydrogens is 229 g/mol. The average Bonchev–Trinajstić information content (AvgIpc) is 2.40. The Labute approximate surface area is 106 Å². The Hall–Kier alpha value is -2.03. The van der Waals surface area contributed by atoms with E-state index in [1.54, 1.807) is 12.1 Å². The van der Waals surface area contributed by atoms with Crippen LogP contribution in [0, 0.1) is 12.7 Å². The summed E-state index contributed by atoms with van der Waals surface area (Å²) in [5, 5.41) is 3.02. The zero-order valence-electron chi connectivity index (χ0n) is 10.3. The average molecular weight is 245 g/mol. The molecule has 0 heterocycles. The molecule has 0 radical (unpaired) electrons. The van der Waals surface area contributed by atoms with Crippen molar-refractivity contribution in [3.8, 4) is 5.75 Å². The first-order valence-corrected chi connectivity index (χ1v) is 5.93. The number of nitrogens with one attached hydrogen (secondary N) is 1. The zero-order chi connectivity index (χ0) is 12.8. The van der Waals surface area contributed by atoms with Crippen molar-refractivity contribution in [2.24, 2.45) is 0 Å². The van der Waals surface area contributed by atoms with Crippen LogP contribution in [0.4, 0.5) is 10.1 Å². The van der Waals surface area contributed by atoms with Crippen molar-refractivity contribution in [3.05, 3.63) is 59.9 Å². The van der Waals surface area contributed by atoms with E-state index in [0.29, 0.717) is 18.8 Å². The number of ether oxygens (including phenoxy) is 1. The number of halogens is 1. The third-order valence-corrected chi connectivity index (χ3v) is 2.55. The van der Waals surface area contributed by atoms with E-state index >= 15 is 0 Å². The van der Waals surface area contributed by atoms with Crippen molar-refractivity contribution in [1.82, 2.24) is 0 Å². The highest BCUT2D eigenvalue weighted by Gasteiger charge is 2.01. The monoisotopic (exact) mass is 245 g/mol. The van der Waals surface area contributed by atoms with Gasteiger partial charge in [0.1, 0.15) is 18.2 Å². The summed E-state index contributed by atoms with van der Waals surface area (Å²) in [7, 11) is 0. The molecule has 2 nitrogen and oxygen atoms in total. The van der Waals surface area contributed by atoms with Crippen molar-refractivity contribution < 1.29 is 9.13 Å². The van der Waals surface area contributed by atoms with E-state index < -0.39 is 0 Å². The number of hydrogen-bond acceptors (Lipinski definition) is 2. The minimum absolute atomic E-state index is 0.236. The van der Waals surface area contributed by atoms with Gasteiger partial charge < -0.3 is 10.1 Å². The molecule has 0 atom stereocenters. The minimum Gasteiger partial charge on any atom is -0.492 e. The fourth-order valence-electron chi connectivity index (χ4n) is 1.65. The van der Waals surface area contributed by atoms with Gasteiger partial charge in [-0.2, -0.15) is 0 Å². The summed E-state index contributed by atoms with van der Waals surface area (Å²) in [6.45, 7) is 3.00. The molecule has 94 valence electrons. The molecular formula is C15H16FNO. The van der Waals surface area contributed by atoms with Gasteiger partial charge in [-0.25, -0.2) is 4.39 Å². The summed E-state index contributed by atoms with van der Waals surface area (Å²) >= 11 is 0. The Bertz CT molecular complexity index is 499. The lowest BCUT2D eigenvalue weighted by atomic mass is 10.2. The van der Waals surface area contributed by atoms with Crippen LogP contribution < -0.4 is 10.1 Å².